The van der Waals surface area contributed by atoms with Crippen LogP contribution in [0.3, 0.4) is 0 Å². The maximum Gasteiger partial charge on any atom is 0.264 e. The summed E-state index contributed by atoms with van der Waals surface area (Å²) < 4.78 is 66.0. The highest BCUT2D eigenvalue weighted by atomic mass is 32.2. The topological polar surface area (TPSA) is 121 Å². The maximum atomic E-state index is 14.6. The fourth-order valence-electron chi connectivity index (χ4n) is 2.77. The molecule has 0 aliphatic heterocycles. The van der Waals surface area contributed by atoms with Crippen LogP contribution in [0.4, 0.5) is 8.78 Å². The molecule has 0 radical (unpaired) electrons. The summed E-state index contributed by atoms with van der Waals surface area (Å²) in [5.41, 5.74) is 0.902. The third-order valence-electron chi connectivity index (χ3n) is 4.87. The van der Waals surface area contributed by atoms with Crippen LogP contribution < -0.4 is 15.8 Å². The van der Waals surface area contributed by atoms with Crippen molar-refractivity contribution in [3.05, 3.63) is 52.5 Å². The van der Waals surface area contributed by atoms with Crippen molar-refractivity contribution in [3.8, 4) is 16.9 Å². The van der Waals surface area contributed by atoms with Crippen LogP contribution in [0, 0.1) is 11.6 Å². The van der Waals surface area contributed by atoms with Gasteiger partial charge >= 0.3 is 0 Å². The molecule has 1 amide bonds. The lowest BCUT2D eigenvalue weighted by molar-refractivity contribution is -0.133. The fourth-order valence-corrected chi connectivity index (χ4v) is 3.61. The molecule has 1 atom stereocenters. The molecule has 2 rings (SSSR count). The van der Waals surface area contributed by atoms with Crippen LogP contribution in [0.5, 0.6) is 5.75 Å². The number of aryl methyl sites for hydroxylation is 1. The molecule has 1 aromatic heterocycles. The molecule has 0 aliphatic carbocycles. The summed E-state index contributed by atoms with van der Waals surface area (Å²) in [6, 6.07) is 4.68. The zero-order valence-corrected chi connectivity index (χ0v) is 20.4. The second-order valence-corrected chi connectivity index (χ2v) is 9.79. The SMILES string of the molecule is CONC(=O)[C@@](C)(CCn1cc(F)c(-c2ccc(OC)cc2F)cc1=O)S(C)(=O)=O.CP=O. The Hall–Kier alpha value is -2.69. The Balaban J connectivity index is 0.00000172. The van der Waals surface area contributed by atoms with Crippen LogP contribution in [-0.4, -0.2) is 50.8 Å². The Morgan fingerprint density at radius 1 is 1.18 bits per heavy atom. The lowest BCUT2D eigenvalue weighted by Gasteiger charge is -2.26. The molecular formula is C20H25F2N2O7PS. The molecule has 9 nitrogen and oxygen atoms in total. The van der Waals surface area contributed by atoms with E-state index in [1.165, 1.54) is 26.2 Å². The summed E-state index contributed by atoms with van der Waals surface area (Å²) in [6.45, 7) is 2.45. The van der Waals surface area contributed by atoms with E-state index in [2.05, 4.69) is 4.84 Å². The Labute approximate surface area is 191 Å². The zero-order valence-electron chi connectivity index (χ0n) is 18.7. The quantitative estimate of drug-likeness (QED) is 0.432. The molecule has 0 saturated heterocycles. The monoisotopic (exact) mass is 506 g/mol. The van der Waals surface area contributed by atoms with Gasteiger partial charge in [0.15, 0.2) is 23.0 Å². The number of hydrogen-bond donors (Lipinski definition) is 1. The number of halogens is 2. The van der Waals surface area contributed by atoms with Gasteiger partial charge in [0.2, 0.25) is 0 Å². The molecule has 1 N–H and O–H groups in total. The third kappa shape index (κ3) is 6.89. The molecule has 0 spiro atoms. The summed E-state index contributed by atoms with van der Waals surface area (Å²) in [5.74, 6) is -2.34. The van der Waals surface area contributed by atoms with Crippen molar-refractivity contribution in [1.82, 2.24) is 10.0 Å². The number of amides is 1. The smallest absolute Gasteiger partial charge is 0.264 e. The minimum Gasteiger partial charge on any atom is -0.497 e. The molecule has 0 unspecified atom stereocenters. The summed E-state index contributed by atoms with van der Waals surface area (Å²) in [7, 11) is -1.23. The summed E-state index contributed by atoms with van der Waals surface area (Å²) in [6.07, 6.45) is 1.40. The van der Waals surface area contributed by atoms with Crippen LogP contribution in [0.15, 0.2) is 35.3 Å². The van der Waals surface area contributed by atoms with E-state index in [1.807, 2.05) is 5.48 Å². The van der Waals surface area contributed by atoms with Crippen molar-refractivity contribution in [2.75, 3.05) is 27.1 Å². The number of hydrogen-bond acceptors (Lipinski definition) is 7. The normalized spacial score (nSPS) is 12.9. The Kier molecular flexibility index (Phi) is 10.3. The highest BCUT2D eigenvalue weighted by Gasteiger charge is 2.43. The summed E-state index contributed by atoms with van der Waals surface area (Å²) >= 11 is 0. The Bertz CT molecular complexity index is 1170. The van der Waals surface area contributed by atoms with Gasteiger partial charge in [-0.3, -0.25) is 19.0 Å². The number of nitrogens with one attached hydrogen (secondary N) is 1. The molecule has 1 aromatic carbocycles. The molecule has 0 fully saturated rings. The van der Waals surface area contributed by atoms with Gasteiger partial charge in [-0.05, 0) is 25.5 Å². The minimum absolute atomic E-state index is 0.127. The van der Waals surface area contributed by atoms with E-state index < -0.39 is 37.7 Å². The molecule has 2 aromatic rings. The molecular weight excluding hydrogens is 481 g/mol. The first-order valence-electron chi connectivity index (χ1n) is 9.34. The predicted molar refractivity (Wildman–Crippen MR) is 119 cm³/mol. The van der Waals surface area contributed by atoms with Crippen LogP contribution in [-0.2, 0) is 30.6 Å². The number of ether oxygens (including phenoxy) is 1. The number of carbonyl (C=O) groups is 1. The molecule has 33 heavy (non-hydrogen) atoms. The number of hydroxylamine groups is 1. The zero-order chi connectivity index (χ0) is 25.4. The summed E-state index contributed by atoms with van der Waals surface area (Å²) in [5, 5.41) is 0. The maximum absolute atomic E-state index is 14.6. The minimum atomic E-state index is -3.91. The lowest BCUT2D eigenvalue weighted by Crippen LogP contribution is -2.50. The molecule has 0 saturated carbocycles. The molecule has 1 heterocycles. The van der Waals surface area contributed by atoms with Crippen LogP contribution in [0.2, 0.25) is 0 Å². The highest BCUT2D eigenvalue weighted by molar-refractivity contribution is 7.92. The van der Waals surface area contributed by atoms with Crippen molar-refractivity contribution >= 4 is 24.2 Å². The number of carbonyl (C=O) groups excluding carboxylic acids is 1. The van der Waals surface area contributed by atoms with Gasteiger partial charge in [0.05, 0.1) is 14.2 Å². The second-order valence-electron chi connectivity index (χ2n) is 6.98. The van der Waals surface area contributed by atoms with E-state index in [1.54, 1.807) is 6.66 Å². The Morgan fingerprint density at radius 2 is 1.79 bits per heavy atom. The van der Waals surface area contributed by atoms with E-state index in [0.717, 1.165) is 36.3 Å². The lowest BCUT2D eigenvalue weighted by atomic mass is 10.0. The van der Waals surface area contributed by atoms with Crippen LogP contribution in [0.1, 0.15) is 13.3 Å². The molecule has 0 aliphatic rings. The van der Waals surface area contributed by atoms with Gasteiger partial charge in [0, 0.05) is 48.9 Å². The first-order chi connectivity index (χ1) is 15.4. The van der Waals surface area contributed by atoms with Crippen molar-refractivity contribution < 1.29 is 36.1 Å². The fraction of sp³-hybridized carbons (Fsp3) is 0.400. The number of rotatable bonds is 8. The number of benzene rings is 1. The summed E-state index contributed by atoms with van der Waals surface area (Å²) in [4.78, 5) is 29.1. The van der Waals surface area contributed by atoms with Gasteiger partial charge in [-0.15, -0.1) is 0 Å². The van der Waals surface area contributed by atoms with Gasteiger partial charge in [-0.2, -0.15) is 0 Å². The first-order valence-corrected chi connectivity index (χ1v) is 12.5. The van der Waals surface area contributed by atoms with Gasteiger partial charge in [-0.25, -0.2) is 22.7 Å². The van der Waals surface area contributed by atoms with Gasteiger partial charge < -0.3 is 9.30 Å². The van der Waals surface area contributed by atoms with Crippen molar-refractivity contribution in [2.24, 2.45) is 0 Å². The third-order valence-corrected chi connectivity index (χ3v) is 6.89. The largest absolute Gasteiger partial charge is 0.497 e. The number of aromatic nitrogens is 1. The second kappa shape index (κ2) is 12.0. The molecule has 13 heteroatoms. The predicted octanol–water partition coefficient (Wildman–Crippen LogP) is 2.58. The highest BCUT2D eigenvalue weighted by Crippen LogP contribution is 2.28. The first kappa shape index (κ1) is 28.3. The van der Waals surface area contributed by atoms with Gasteiger partial charge in [0.25, 0.3) is 11.5 Å². The van der Waals surface area contributed by atoms with E-state index in [9.17, 15) is 26.8 Å². The van der Waals surface area contributed by atoms with Gasteiger partial charge in [0.1, 0.15) is 17.4 Å². The Morgan fingerprint density at radius 3 is 2.27 bits per heavy atom. The average molecular weight is 506 g/mol. The number of sulfone groups is 1. The van der Waals surface area contributed by atoms with E-state index in [-0.39, 0.29) is 38.3 Å². The van der Waals surface area contributed by atoms with Crippen molar-refractivity contribution in [1.29, 1.82) is 0 Å². The molecule has 0 bridgehead atoms. The standard InChI is InChI=1S/C19H22F2N2O6S.CH3OP/c1-19(30(4,26)27,18(25)22-29-3)7-8-23-11-16(21)14(10-17(23)24)13-6-5-12(28-2)9-15(13)20;1-3-2/h5-6,9-11H,7-8H2,1-4H3,(H,22,25);1H3/t19-;/m1./s1. The van der Waals surface area contributed by atoms with Crippen molar-refractivity contribution in [3.63, 3.8) is 0 Å². The van der Waals surface area contributed by atoms with Crippen LogP contribution >= 0.6 is 8.46 Å². The number of nitrogens with zero attached hydrogens (tertiary/aromatic N) is 1. The molecule has 182 valence electrons. The van der Waals surface area contributed by atoms with Gasteiger partial charge in [-0.1, -0.05) is 0 Å². The number of pyridine rings is 1. The van der Waals surface area contributed by atoms with E-state index in [0.29, 0.717) is 0 Å². The number of methoxy groups -OCH3 is 1. The van der Waals surface area contributed by atoms with E-state index >= 15 is 0 Å². The van der Waals surface area contributed by atoms with Crippen LogP contribution in [0.25, 0.3) is 11.1 Å². The van der Waals surface area contributed by atoms with Crippen molar-refractivity contribution in [2.45, 2.75) is 24.6 Å². The van der Waals surface area contributed by atoms with E-state index in [4.69, 9.17) is 9.30 Å². The average Bonchev–Trinajstić information content (AvgIpc) is 2.73.